The molecule has 4 nitrogen and oxygen atoms in total. The predicted octanol–water partition coefficient (Wildman–Crippen LogP) is 11.4. The number of unbranched alkanes of at least 4 members (excludes halogenated alkanes) is 11. The SMILES string of the molecule is CCC(C)CCCCC(C)CC.CCCCCCCCOC(=O)c1ccccc1C(=O)OCCCCCCCC. The number of carbonyl (C=O) groups excluding carboxylic acids is 2. The van der Waals surface area contributed by atoms with Crippen molar-refractivity contribution in [2.24, 2.45) is 11.8 Å². The molecule has 0 aliphatic carbocycles. The fraction of sp³-hybridized carbons (Fsp3) is 0.778. The van der Waals surface area contributed by atoms with E-state index in [1.165, 1.54) is 89.9 Å². The molecule has 0 aromatic heterocycles. The van der Waals surface area contributed by atoms with Crippen molar-refractivity contribution in [3.63, 3.8) is 0 Å². The van der Waals surface area contributed by atoms with Gasteiger partial charge in [-0.25, -0.2) is 9.59 Å². The second-order valence-corrected chi connectivity index (χ2v) is 11.7. The van der Waals surface area contributed by atoms with E-state index in [0.29, 0.717) is 24.3 Å². The van der Waals surface area contributed by atoms with Gasteiger partial charge in [-0.1, -0.05) is 156 Å². The molecule has 1 aromatic rings. The van der Waals surface area contributed by atoms with Crippen LogP contribution in [-0.2, 0) is 9.47 Å². The summed E-state index contributed by atoms with van der Waals surface area (Å²) < 4.78 is 10.7. The van der Waals surface area contributed by atoms with Gasteiger partial charge < -0.3 is 9.47 Å². The summed E-state index contributed by atoms with van der Waals surface area (Å²) in [7, 11) is 0. The lowest BCUT2D eigenvalue weighted by molar-refractivity contribution is 0.0450. The molecule has 0 saturated carbocycles. The molecule has 0 N–H and O–H groups in total. The molecule has 0 spiro atoms. The van der Waals surface area contributed by atoms with Crippen molar-refractivity contribution < 1.29 is 19.1 Å². The van der Waals surface area contributed by atoms with Crippen LogP contribution in [0.1, 0.15) is 178 Å². The van der Waals surface area contributed by atoms with Gasteiger partial charge in [0.2, 0.25) is 0 Å². The molecule has 4 heteroatoms. The van der Waals surface area contributed by atoms with Crippen LogP contribution in [0.2, 0.25) is 0 Å². The normalized spacial score (nSPS) is 12.2. The summed E-state index contributed by atoms with van der Waals surface area (Å²) in [5.41, 5.74) is 0.586. The van der Waals surface area contributed by atoms with E-state index < -0.39 is 11.9 Å². The van der Waals surface area contributed by atoms with E-state index in [1.807, 2.05) is 0 Å². The average molecular weight is 561 g/mol. The number of benzene rings is 1. The van der Waals surface area contributed by atoms with Gasteiger partial charge in [-0.3, -0.25) is 0 Å². The van der Waals surface area contributed by atoms with Crippen LogP contribution < -0.4 is 0 Å². The second kappa shape index (κ2) is 27.3. The van der Waals surface area contributed by atoms with Crippen LogP contribution in [0.5, 0.6) is 0 Å². The van der Waals surface area contributed by atoms with Gasteiger partial charge in [-0.05, 0) is 36.8 Å². The number of rotatable bonds is 23. The van der Waals surface area contributed by atoms with Crippen LogP contribution in [0.15, 0.2) is 24.3 Å². The van der Waals surface area contributed by atoms with Gasteiger partial charge in [0.05, 0.1) is 24.3 Å². The van der Waals surface area contributed by atoms with Crippen molar-refractivity contribution in [1.29, 1.82) is 0 Å². The van der Waals surface area contributed by atoms with Crippen molar-refractivity contribution in [3.8, 4) is 0 Å². The Hall–Kier alpha value is -1.84. The van der Waals surface area contributed by atoms with Gasteiger partial charge in [0.25, 0.3) is 0 Å². The van der Waals surface area contributed by atoms with Gasteiger partial charge in [0, 0.05) is 0 Å². The summed E-state index contributed by atoms with van der Waals surface area (Å²) in [6.07, 6.45) is 22.1. The van der Waals surface area contributed by atoms with Crippen LogP contribution in [-0.4, -0.2) is 25.2 Å². The molecule has 1 rings (SSSR count). The Kier molecular flexibility index (Phi) is 26.1. The summed E-state index contributed by atoms with van der Waals surface area (Å²) in [6, 6.07) is 6.74. The minimum absolute atomic E-state index is 0.293. The Morgan fingerprint density at radius 1 is 0.550 bits per heavy atom. The number of ether oxygens (including phenoxy) is 2. The first-order valence-corrected chi connectivity index (χ1v) is 16.8. The highest BCUT2D eigenvalue weighted by Crippen LogP contribution is 2.17. The van der Waals surface area contributed by atoms with Gasteiger partial charge in [-0.2, -0.15) is 0 Å². The molecule has 0 radical (unpaired) electrons. The van der Waals surface area contributed by atoms with Gasteiger partial charge in [0.1, 0.15) is 0 Å². The summed E-state index contributed by atoms with van der Waals surface area (Å²) in [6.45, 7) is 14.5. The zero-order chi connectivity index (χ0) is 29.8. The number of hydrogen-bond acceptors (Lipinski definition) is 4. The largest absolute Gasteiger partial charge is 0.462 e. The van der Waals surface area contributed by atoms with Crippen molar-refractivity contribution in [2.45, 2.75) is 157 Å². The first-order valence-electron chi connectivity index (χ1n) is 16.8. The lowest BCUT2D eigenvalue weighted by atomic mass is 9.97. The fourth-order valence-corrected chi connectivity index (χ4v) is 4.48. The minimum Gasteiger partial charge on any atom is -0.462 e. The zero-order valence-corrected chi connectivity index (χ0v) is 27.2. The van der Waals surface area contributed by atoms with Crippen molar-refractivity contribution in [2.75, 3.05) is 13.2 Å². The highest BCUT2D eigenvalue weighted by molar-refractivity contribution is 6.03. The smallest absolute Gasteiger partial charge is 0.339 e. The van der Waals surface area contributed by atoms with Gasteiger partial charge in [0.15, 0.2) is 0 Å². The molecule has 0 amide bonds. The second-order valence-electron chi connectivity index (χ2n) is 11.7. The maximum absolute atomic E-state index is 12.4. The first kappa shape index (κ1) is 38.2. The molecular formula is C36H64O4. The third-order valence-electron chi connectivity index (χ3n) is 7.87. The monoisotopic (exact) mass is 560 g/mol. The molecule has 40 heavy (non-hydrogen) atoms. The average Bonchev–Trinajstić information content (AvgIpc) is 2.98. The van der Waals surface area contributed by atoms with Crippen LogP contribution in [0.25, 0.3) is 0 Å². The molecular weight excluding hydrogens is 496 g/mol. The van der Waals surface area contributed by atoms with Gasteiger partial charge >= 0.3 is 11.9 Å². The molecule has 0 bridgehead atoms. The third-order valence-corrected chi connectivity index (χ3v) is 7.87. The van der Waals surface area contributed by atoms with Crippen molar-refractivity contribution >= 4 is 11.9 Å². The molecule has 0 aliphatic heterocycles. The topological polar surface area (TPSA) is 52.6 Å². The number of hydrogen-bond donors (Lipinski definition) is 0. The van der Waals surface area contributed by atoms with E-state index in [1.54, 1.807) is 24.3 Å². The van der Waals surface area contributed by atoms with E-state index in [9.17, 15) is 9.59 Å². The molecule has 0 aliphatic rings. The maximum atomic E-state index is 12.4. The lowest BCUT2D eigenvalue weighted by Crippen LogP contribution is -2.15. The summed E-state index contributed by atoms with van der Waals surface area (Å²) >= 11 is 0. The Bertz CT molecular complexity index is 668. The molecule has 1 aromatic carbocycles. The van der Waals surface area contributed by atoms with Crippen LogP contribution >= 0.6 is 0 Å². The quantitative estimate of drug-likeness (QED) is 0.0986. The predicted molar refractivity (Wildman–Crippen MR) is 171 cm³/mol. The Morgan fingerprint density at radius 3 is 1.25 bits per heavy atom. The van der Waals surface area contributed by atoms with E-state index in [2.05, 4.69) is 41.5 Å². The highest BCUT2D eigenvalue weighted by atomic mass is 16.5. The highest BCUT2D eigenvalue weighted by Gasteiger charge is 2.18. The van der Waals surface area contributed by atoms with E-state index in [0.717, 1.165) is 37.5 Å². The Labute approximate surface area is 248 Å². The van der Waals surface area contributed by atoms with E-state index >= 15 is 0 Å². The van der Waals surface area contributed by atoms with Gasteiger partial charge in [-0.15, -0.1) is 0 Å². The number of esters is 2. The van der Waals surface area contributed by atoms with Crippen molar-refractivity contribution in [1.82, 2.24) is 0 Å². The Balaban J connectivity index is 0.00000106. The number of carbonyl (C=O) groups is 2. The standard InChI is InChI=1S/C24H38O4.C12H26/c1-3-5-7-9-11-15-19-27-23(25)21-17-13-14-18-22(21)24(26)28-20-16-12-10-8-6-4-2;1-5-11(3)9-7-8-10-12(4)6-2/h13-14,17-18H,3-12,15-16,19-20H2,1-2H3;11-12H,5-10H2,1-4H3. The minimum atomic E-state index is -0.444. The van der Waals surface area contributed by atoms with E-state index in [4.69, 9.17) is 9.47 Å². The van der Waals surface area contributed by atoms with E-state index in [-0.39, 0.29) is 0 Å². The lowest BCUT2D eigenvalue weighted by Gasteiger charge is -2.10. The summed E-state index contributed by atoms with van der Waals surface area (Å²) in [5, 5.41) is 0. The van der Waals surface area contributed by atoms with Crippen LogP contribution in [0, 0.1) is 11.8 Å². The molecule has 2 unspecified atom stereocenters. The Morgan fingerprint density at radius 2 is 0.900 bits per heavy atom. The summed E-state index contributed by atoms with van der Waals surface area (Å²) in [4.78, 5) is 24.7. The zero-order valence-electron chi connectivity index (χ0n) is 27.2. The molecule has 0 fully saturated rings. The molecule has 0 saturated heterocycles. The molecule has 232 valence electrons. The molecule has 2 atom stereocenters. The summed E-state index contributed by atoms with van der Waals surface area (Å²) in [5.74, 6) is 1.00. The maximum Gasteiger partial charge on any atom is 0.339 e. The third kappa shape index (κ3) is 21.0. The van der Waals surface area contributed by atoms with Crippen LogP contribution in [0.4, 0.5) is 0 Å². The van der Waals surface area contributed by atoms with Crippen molar-refractivity contribution in [3.05, 3.63) is 35.4 Å². The first-order chi connectivity index (χ1) is 19.4. The fourth-order valence-electron chi connectivity index (χ4n) is 4.48. The molecule has 0 heterocycles. The van der Waals surface area contributed by atoms with Crippen LogP contribution in [0.3, 0.4) is 0 Å².